The van der Waals surface area contributed by atoms with Gasteiger partial charge in [0.1, 0.15) is 10.6 Å². The lowest BCUT2D eigenvalue weighted by molar-refractivity contribution is 0.270. The van der Waals surface area contributed by atoms with E-state index >= 15 is 0 Å². The minimum atomic E-state index is -3.64. The second-order valence-corrected chi connectivity index (χ2v) is 7.12. The maximum Gasteiger partial charge on any atom is 0.247 e. The van der Waals surface area contributed by atoms with Crippen molar-refractivity contribution in [2.45, 2.75) is 30.7 Å². The summed E-state index contributed by atoms with van der Waals surface area (Å²) in [6.45, 7) is 4.11. The van der Waals surface area contributed by atoms with E-state index in [1.807, 2.05) is 14.0 Å². The molecular formula is C14H22N2O3S. The van der Waals surface area contributed by atoms with Crippen molar-refractivity contribution in [3.8, 4) is 5.75 Å². The van der Waals surface area contributed by atoms with Crippen molar-refractivity contribution in [2.75, 3.05) is 26.7 Å². The van der Waals surface area contributed by atoms with E-state index in [4.69, 9.17) is 0 Å². The van der Waals surface area contributed by atoms with Crippen molar-refractivity contribution in [1.29, 1.82) is 0 Å². The Morgan fingerprint density at radius 2 is 2.00 bits per heavy atom. The monoisotopic (exact) mass is 298 g/mol. The molecule has 2 rings (SSSR count). The fraction of sp³-hybridized carbons (Fsp3) is 0.571. The van der Waals surface area contributed by atoms with Crippen LogP contribution in [0.25, 0.3) is 0 Å². The molecule has 1 heterocycles. The normalized spacial score (nSPS) is 22.6. The van der Waals surface area contributed by atoms with E-state index in [0.29, 0.717) is 6.54 Å². The van der Waals surface area contributed by atoms with E-state index < -0.39 is 10.0 Å². The molecule has 0 bridgehead atoms. The fourth-order valence-corrected chi connectivity index (χ4v) is 4.49. The van der Waals surface area contributed by atoms with Crippen molar-refractivity contribution in [2.24, 2.45) is 0 Å². The first kappa shape index (κ1) is 15.3. The molecule has 0 saturated carbocycles. The molecule has 1 N–H and O–H groups in total. The zero-order valence-corrected chi connectivity index (χ0v) is 12.8. The lowest BCUT2D eigenvalue weighted by atomic mass is 10.2. The highest BCUT2D eigenvalue weighted by molar-refractivity contribution is 7.89. The van der Waals surface area contributed by atoms with Gasteiger partial charge in [-0.2, -0.15) is 4.31 Å². The van der Waals surface area contributed by atoms with Gasteiger partial charge in [-0.15, -0.1) is 0 Å². The van der Waals surface area contributed by atoms with Gasteiger partial charge in [-0.05, 0) is 38.6 Å². The molecule has 6 heteroatoms. The van der Waals surface area contributed by atoms with Gasteiger partial charge in [-0.1, -0.05) is 19.1 Å². The van der Waals surface area contributed by atoms with Gasteiger partial charge in [0, 0.05) is 19.1 Å². The van der Waals surface area contributed by atoms with Gasteiger partial charge in [-0.3, -0.25) is 0 Å². The highest BCUT2D eigenvalue weighted by Crippen LogP contribution is 2.28. The number of hydrogen-bond donors (Lipinski definition) is 1. The van der Waals surface area contributed by atoms with E-state index in [1.54, 1.807) is 16.4 Å². The lowest BCUT2D eigenvalue weighted by Crippen LogP contribution is -2.43. The van der Waals surface area contributed by atoms with Crippen LogP contribution in [-0.2, 0) is 10.0 Å². The molecule has 1 saturated heterocycles. The van der Waals surface area contributed by atoms with Gasteiger partial charge in [0.05, 0.1) is 0 Å². The number of nitrogens with zero attached hydrogens (tertiary/aromatic N) is 2. The van der Waals surface area contributed by atoms with E-state index in [0.717, 1.165) is 25.9 Å². The molecular weight excluding hydrogens is 276 g/mol. The van der Waals surface area contributed by atoms with Crippen LogP contribution >= 0.6 is 0 Å². The number of para-hydroxylation sites is 1. The third kappa shape index (κ3) is 2.97. The van der Waals surface area contributed by atoms with Crippen LogP contribution in [0.5, 0.6) is 5.75 Å². The Labute approximate surface area is 120 Å². The molecule has 0 aliphatic carbocycles. The number of benzene rings is 1. The minimum Gasteiger partial charge on any atom is -0.507 e. The number of rotatable bonds is 3. The van der Waals surface area contributed by atoms with E-state index in [9.17, 15) is 13.5 Å². The number of phenols is 1. The first-order chi connectivity index (χ1) is 9.46. The van der Waals surface area contributed by atoms with Gasteiger partial charge in [0.2, 0.25) is 10.0 Å². The summed E-state index contributed by atoms with van der Waals surface area (Å²) < 4.78 is 27.1. The molecule has 1 aromatic rings. The fourth-order valence-electron chi connectivity index (χ4n) is 2.67. The van der Waals surface area contributed by atoms with Crippen LogP contribution in [0.2, 0.25) is 0 Å². The van der Waals surface area contributed by atoms with E-state index in [1.165, 1.54) is 12.1 Å². The predicted molar refractivity (Wildman–Crippen MR) is 78.2 cm³/mol. The number of phenolic OH excluding ortho intramolecular Hbond substituents is 1. The summed E-state index contributed by atoms with van der Waals surface area (Å²) in [7, 11) is -1.63. The molecule has 5 nitrogen and oxygen atoms in total. The summed E-state index contributed by atoms with van der Waals surface area (Å²) in [6.07, 6.45) is 1.57. The van der Waals surface area contributed by atoms with E-state index in [-0.39, 0.29) is 16.7 Å². The largest absolute Gasteiger partial charge is 0.507 e. The van der Waals surface area contributed by atoms with Gasteiger partial charge >= 0.3 is 0 Å². The molecule has 1 fully saturated rings. The summed E-state index contributed by atoms with van der Waals surface area (Å²) >= 11 is 0. The summed E-state index contributed by atoms with van der Waals surface area (Å²) in [6, 6.07) is 6.09. The van der Waals surface area contributed by atoms with Crippen LogP contribution in [0, 0.1) is 0 Å². The van der Waals surface area contributed by atoms with Crippen LogP contribution < -0.4 is 0 Å². The molecule has 1 aromatic carbocycles. The van der Waals surface area contributed by atoms with Crippen LogP contribution in [-0.4, -0.2) is 55.5 Å². The zero-order valence-electron chi connectivity index (χ0n) is 12.0. The first-order valence-electron chi connectivity index (χ1n) is 6.95. The number of sulfonamides is 1. The topological polar surface area (TPSA) is 60.9 Å². The Morgan fingerprint density at radius 3 is 2.65 bits per heavy atom. The van der Waals surface area contributed by atoms with Crippen LogP contribution in [0.1, 0.15) is 19.8 Å². The van der Waals surface area contributed by atoms with Crippen molar-refractivity contribution in [3.05, 3.63) is 24.3 Å². The summed E-state index contributed by atoms with van der Waals surface area (Å²) in [5.41, 5.74) is 0. The quantitative estimate of drug-likeness (QED) is 0.918. The van der Waals surface area contributed by atoms with Gasteiger partial charge < -0.3 is 10.0 Å². The molecule has 0 amide bonds. The lowest BCUT2D eigenvalue weighted by Gasteiger charge is -2.29. The van der Waals surface area contributed by atoms with Crippen LogP contribution in [0.15, 0.2) is 29.2 Å². The highest BCUT2D eigenvalue weighted by atomic mass is 32.2. The van der Waals surface area contributed by atoms with Crippen molar-refractivity contribution < 1.29 is 13.5 Å². The molecule has 1 aliphatic heterocycles. The maximum atomic E-state index is 12.8. The Balaban J connectivity index is 2.39. The van der Waals surface area contributed by atoms with Crippen molar-refractivity contribution in [1.82, 2.24) is 9.21 Å². The molecule has 0 spiro atoms. The Morgan fingerprint density at radius 1 is 1.30 bits per heavy atom. The van der Waals surface area contributed by atoms with Crippen molar-refractivity contribution in [3.63, 3.8) is 0 Å². The summed E-state index contributed by atoms with van der Waals surface area (Å²) in [5, 5.41) is 9.84. The SMILES string of the molecule is CCC1CN(C)CCCN1S(=O)(=O)c1ccccc1O. The summed E-state index contributed by atoms with van der Waals surface area (Å²) in [4.78, 5) is 2.16. The standard InChI is InChI=1S/C14H22N2O3S/c1-3-12-11-15(2)9-6-10-16(12)20(18,19)14-8-5-4-7-13(14)17/h4-5,7-8,12,17H,3,6,9-11H2,1-2H3. The van der Waals surface area contributed by atoms with E-state index in [2.05, 4.69) is 4.90 Å². The Bertz CT molecular complexity index is 559. The smallest absolute Gasteiger partial charge is 0.247 e. The average Bonchev–Trinajstić information content (AvgIpc) is 2.60. The first-order valence-corrected chi connectivity index (χ1v) is 8.39. The predicted octanol–water partition coefficient (Wildman–Crippen LogP) is 1.50. The number of hydrogen-bond acceptors (Lipinski definition) is 4. The van der Waals surface area contributed by atoms with Crippen molar-refractivity contribution >= 4 is 10.0 Å². The highest BCUT2D eigenvalue weighted by Gasteiger charge is 2.34. The molecule has 1 unspecified atom stereocenters. The average molecular weight is 298 g/mol. The maximum absolute atomic E-state index is 12.8. The Kier molecular flexibility index (Phi) is 4.67. The molecule has 1 atom stereocenters. The Hall–Kier alpha value is -1.11. The molecule has 112 valence electrons. The van der Waals surface area contributed by atoms with Gasteiger partial charge in [0.25, 0.3) is 0 Å². The second kappa shape index (κ2) is 6.11. The molecule has 0 radical (unpaired) electrons. The van der Waals surface area contributed by atoms with Gasteiger partial charge in [0.15, 0.2) is 0 Å². The summed E-state index contributed by atoms with van der Waals surface area (Å²) in [5.74, 6) is -0.181. The molecule has 1 aliphatic rings. The zero-order chi connectivity index (χ0) is 14.8. The van der Waals surface area contributed by atoms with Crippen LogP contribution in [0.3, 0.4) is 0 Å². The third-order valence-corrected chi connectivity index (χ3v) is 5.77. The number of aromatic hydroxyl groups is 1. The van der Waals surface area contributed by atoms with Crippen LogP contribution in [0.4, 0.5) is 0 Å². The molecule has 0 aromatic heterocycles. The molecule has 20 heavy (non-hydrogen) atoms. The number of likely N-dealkylation sites (N-methyl/N-ethyl adjacent to an activating group) is 1. The third-order valence-electron chi connectivity index (χ3n) is 3.77. The van der Waals surface area contributed by atoms with Gasteiger partial charge in [-0.25, -0.2) is 8.42 Å². The second-order valence-electron chi connectivity index (χ2n) is 5.26. The minimum absolute atomic E-state index is 0.00278.